The normalized spacial score (nSPS) is 14.2. The largest absolute Gasteiger partial charge is 0.462 e. The summed E-state index contributed by atoms with van der Waals surface area (Å²) in [5.41, 5.74) is 0.319. The quantitative estimate of drug-likeness (QED) is 0.295. The van der Waals surface area contributed by atoms with Crippen molar-refractivity contribution in [2.75, 3.05) is 42.6 Å². The minimum Gasteiger partial charge on any atom is -0.462 e. The minimum absolute atomic E-state index is 0.0934. The first-order valence-electron chi connectivity index (χ1n) is 11.8. The molecular weight excluding hydrogens is 467 g/mol. The molecule has 1 saturated heterocycles. The van der Waals surface area contributed by atoms with Crippen LogP contribution in [0.15, 0.2) is 47.4 Å². The van der Waals surface area contributed by atoms with Gasteiger partial charge < -0.3 is 19.1 Å². The summed E-state index contributed by atoms with van der Waals surface area (Å²) in [5, 5.41) is 12.2. The molecule has 1 fully saturated rings. The van der Waals surface area contributed by atoms with E-state index in [9.17, 15) is 24.1 Å². The van der Waals surface area contributed by atoms with Crippen molar-refractivity contribution in [3.05, 3.63) is 74.3 Å². The summed E-state index contributed by atoms with van der Waals surface area (Å²) >= 11 is 0. The Morgan fingerprint density at radius 3 is 2.25 bits per heavy atom. The Labute approximate surface area is 207 Å². The number of rotatable bonds is 5. The number of carbonyl (C=O) groups excluding carboxylic acids is 1. The number of nitro benzene ring substituents is 1. The lowest BCUT2D eigenvalue weighted by atomic mass is 10.0. The summed E-state index contributed by atoms with van der Waals surface area (Å²) in [7, 11) is 0. The van der Waals surface area contributed by atoms with Gasteiger partial charge in [0.05, 0.1) is 22.4 Å². The highest BCUT2D eigenvalue weighted by Crippen LogP contribution is 2.35. The van der Waals surface area contributed by atoms with E-state index in [2.05, 4.69) is 4.90 Å². The van der Waals surface area contributed by atoms with Crippen LogP contribution in [0, 0.1) is 15.9 Å². The molecule has 3 aromatic rings. The van der Waals surface area contributed by atoms with Crippen molar-refractivity contribution in [2.24, 2.45) is 0 Å². The van der Waals surface area contributed by atoms with Crippen LogP contribution in [0.25, 0.3) is 10.9 Å². The van der Waals surface area contributed by atoms with Crippen LogP contribution in [0.5, 0.6) is 0 Å². The lowest BCUT2D eigenvalue weighted by Gasteiger charge is -2.37. The lowest BCUT2D eigenvalue weighted by Crippen LogP contribution is -2.46. The van der Waals surface area contributed by atoms with Crippen molar-refractivity contribution in [3.63, 3.8) is 0 Å². The lowest BCUT2D eigenvalue weighted by molar-refractivity contribution is -0.384. The zero-order valence-corrected chi connectivity index (χ0v) is 20.8. The van der Waals surface area contributed by atoms with Gasteiger partial charge in [-0.2, -0.15) is 0 Å². The van der Waals surface area contributed by atoms with E-state index in [0.29, 0.717) is 37.4 Å². The zero-order chi connectivity index (χ0) is 26.2. The smallest absolute Gasteiger partial charge is 0.343 e. The van der Waals surface area contributed by atoms with E-state index in [4.69, 9.17) is 4.74 Å². The van der Waals surface area contributed by atoms with E-state index in [1.54, 1.807) is 29.7 Å². The van der Waals surface area contributed by atoms with Gasteiger partial charge in [-0.1, -0.05) is 0 Å². The van der Waals surface area contributed by atoms with Crippen molar-refractivity contribution >= 4 is 33.9 Å². The number of hydrogen-bond acceptors (Lipinski definition) is 7. The molecule has 4 rings (SSSR count). The Morgan fingerprint density at radius 2 is 1.69 bits per heavy atom. The second-order valence-corrected chi connectivity index (χ2v) is 9.70. The molecule has 0 bridgehead atoms. The van der Waals surface area contributed by atoms with Gasteiger partial charge in [-0.3, -0.25) is 14.9 Å². The van der Waals surface area contributed by atoms with Gasteiger partial charge in [0.15, 0.2) is 0 Å². The number of nitrogens with zero attached hydrogens (tertiary/aromatic N) is 4. The monoisotopic (exact) mass is 496 g/mol. The fourth-order valence-electron chi connectivity index (χ4n) is 4.52. The van der Waals surface area contributed by atoms with Gasteiger partial charge in [-0.25, -0.2) is 9.18 Å². The molecule has 0 radical (unpaired) electrons. The number of hydrogen-bond donors (Lipinski definition) is 0. The maximum Gasteiger partial charge on any atom is 0.343 e. The molecule has 1 aliphatic heterocycles. The molecule has 0 saturated carbocycles. The number of fused-ring (bicyclic) bond motifs is 1. The minimum atomic E-state index is -0.758. The molecule has 10 heteroatoms. The van der Waals surface area contributed by atoms with Crippen molar-refractivity contribution in [3.8, 4) is 0 Å². The maximum absolute atomic E-state index is 13.3. The third-order valence-electron chi connectivity index (χ3n) is 6.33. The number of nitro groups is 1. The Kier molecular flexibility index (Phi) is 6.71. The molecule has 0 N–H and O–H groups in total. The first-order chi connectivity index (χ1) is 17.0. The van der Waals surface area contributed by atoms with Crippen LogP contribution in [-0.4, -0.2) is 48.2 Å². The summed E-state index contributed by atoms with van der Waals surface area (Å²) in [6.07, 6.45) is 1.48. The van der Waals surface area contributed by atoms with E-state index < -0.39 is 21.9 Å². The first-order valence-corrected chi connectivity index (χ1v) is 11.8. The summed E-state index contributed by atoms with van der Waals surface area (Å²) in [6.45, 7) is 9.72. The Morgan fingerprint density at radius 1 is 1.08 bits per heavy atom. The Balaban J connectivity index is 1.80. The number of benzene rings is 2. The second kappa shape index (κ2) is 9.60. The molecule has 0 amide bonds. The molecular formula is C26H29FN4O5. The molecule has 0 atom stereocenters. The van der Waals surface area contributed by atoms with Gasteiger partial charge in [-0.15, -0.1) is 0 Å². The number of carbonyl (C=O) groups is 1. The summed E-state index contributed by atoms with van der Waals surface area (Å²) < 4.78 is 20.1. The highest BCUT2D eigenvalue weighted by Gasteiger charge is 2.29. The average molecular weight is 497 g/mol. The molecule has 0 unspecified atom stereocenters. The molecule has 1 aliphatic rings. The fourth-order valence-corrected chi connectivity index (χ4v) is 4.52. The second-order valence-electron chi connectivity index (χ2n) is 9.70. The number of anilines is 2. The molecule has 2 heterocycles. The van der Waals surface area contributed by atoms with E-state index in [1.165, 1.54) is 24.4 Å². The van der Waals surface area contributed by atoms with Crippen LogP contribution in [0.1, 0.15) is 38.1 Å². The number of ether oxygens (including phenoxy) is 1. The van der Waals surface area contributed by atoms with E-state index >= 15 is 0 Å². The average Bonchev–Trinajstić information content (AvgIpc) is 2.83. The van der Waals surface area contributed by atoms with Crippen LogP contribution < -0.4 is 15.2 Å². The summed E-state index contributed by atoms with van der Waals surface area (Å²) in [4.78, 5) is 41.3. The molecule has 1 aromatic heterocycles. The molecule has 0 aliphatic carbocycles. The van der Waals surface area contributed by atoms with Gasteiger partial charge in [0.25, 0.3) is 5.69 Å². The fraction of sp³-hybridized carbons (Fsp3) is 0.385. The van der Waals surface area contributed by atoms with Gasteiger partial charge in [0.2, 0.25) is 5.43 Å². The van der Waals surface area contributed by atoms with Gasteiger partial charge >= 0.3 is 5.97 Å². The Bertz CT molecular complexity index is 1370. The highest BCUT2D eigenvalue weighted by molar-refractivity contribution is 5.96. The number of piperazine rings is 1. The van der Waals surface area contributed by atoms with Crippen LogP contribution in [0.3, 0.4) is 0 Å². The van der Waals surface area contributed by atoms with Crippen LogP contribution in [-0.2, 0) is 10.3 Å². The number of aromatic nitrogens is 1. The number of pyridine rings is 1. The zero-order valence-electron chi connectivity index (χ0n) is 20.8. The predicted molar refractivity (Wildman–Crippen MR) is 137 cm³/mol. The van der Waals surface area contributed by atoms with Crippen LogP contribution >= 0.6 is 0 Å². The summed E-state index contributed by atoms with van der Waals surface area (Å²) in [6, 6.07) is 9.19. The first kappa shape index (κ1) is 25.2. The van der Waals surface area contributed by atoms with Crippen molar-refractivity contribution < 1.29 is 18.8 Å². The van der Waals surface area contributed by atoms with Crippen LogP contribution in [0.4, 0.5) is 21.5 Å². The molecule has 36 heavy (non-hydrogen) atoms. The maximum atomic E-state index is 13.3. The molecule has 0 spiro atoms. The van der Waals surface area contributed by atoms with Crippen molar-refractivity contribution in [2.45, 2.75) is 33.2 Å². The van der Waals surface area contributed by atoms with Crippen molar-refractivity contribution in [1.29, 1.82) is 0 Å². The standard InChI is InChI=1S/C26H29FN4O5/c1-5-36-25(33)20-16-30(26(2,3)4)21-15-22(23(31(34)35)14-19(21)24(20)32)29-12-10-28(11-13-29)18-8-6-17(27)7-9-18/h6-9,14-16H,5,10-13H2,1-4H3. The van der Waals surface area contributed by atoms with Crippen molar-refractivity contribution in [1.82, 2.24) is 4.57 Å². The third-order valence-corrected chi connectivity index (χ3v) is 6.33. The van der Waals surface area contributed by atoms with Gasteiger partial charge in [0, 0.05) is 49.7 Å². The van der Waals surface area contributed by atoms with E-state index in [-0.39, 0.29) is 29.1 Å². The molecule has 190 valence electrons. The summed E-state index contributed by atoms with van der Waals surface area (Å²) in [5.74, 6) is -1.06. The number of halogens is 1. The number of esters is 1. The van der Waals surface area contributed by atoms with Gasteiger partial charge in [0.1, 0.15) is 17.1 Å². The van der Waals surface area contributed by atoms with Gasteiger partial charge in [-0.05, 0) is 58.0 Å². The topological polar surface area (TPSA) is 97.9 Å². The van der Waals surface area contributed by atoms with Crippen LogP contribution in [0.2, 0.25) is 0 Å². The SMILES string of the molecule is CCOC(=O)c1cn(C(C)(C)C)c2cc(N3CCN(c4ccc(F)cc4)CC3)c([N+](=O)[O-])cc2c1=O. The predicted octanol–water partition coefficient (Wildman–Crippen LogP) is 4.31. The highest BCUT2D eigenvalue weighted by atomic mass is 19.1. The Hall–Kier alpha value is -3.95. The van der Waals surface area contributed by atoms with E-state index in [1.807, 2.05) is 25.7 Å². The molecule has 9 nitrogen and oxygen atoms in total. The third kappa shape index (κ3) is 4.75. The van der Waals surface area contributed by atoms with E-state index in [0.717, 1.165) is 5.69 Å². The molecule has 2 aromatic carbocycles.